The lowest BCUT2D eigenvalue weighted by atomic mass is 10.1. The number of benzene rings is 2. The van der Waals surface area contributed by atoms with Gasteiger partial charge in [0.25, 0.3) is 0 Å². The van der Waals surface area contributed by atoms with Crippen LogP contribution in [0.3, 0.4) is 0 Å². The summed E-state index contributed by atoms with van der Waals surface area (Å²) < 4.78 is 1.81. The van der Waals surface area contributed by atoms with Crippen LogP contribution in [0.15, 0.2) is 54.7 Å². The molecule has 7 heteroatoms. The molecule has 31 heavy (non-hydrogen) atoms. The number of piperazine rings is 1. The van der Waals surface area contributed by atoms with Gasteiger partial charge in [0, 0.05) is 44.6 Å². The molecule has 0 amide bonds. The lowest BCUT2D eigenvalue weighted by molar-refractivity contribution is 0.640. The molecule has 0 aliphatic carbocycles. The van der Waals surface area contributed by atoms with Gasteiger partial charge in [0.05, 0.1) is 11.6 Å². The Kier molecular flexibility index (Phi) is 4.94. The highest BCUT2D eigenvalue weighted by Crippen LogP contribution is 2.28. The van der Waals surface area contributed by atoms with E-state index in [-0.39, 0.29) is 0 Å². The van der Waals surface area contributed by atoms with E-state index in [2.05, 4.69) is 82.6 Å². The van der Waals surface area contributed by atoms with Gasteiger partial charge in [-0.25, -0.2) is 0 Å². The number of hydrogen-bond acceptors (Lipinski definition) is 6. The van der Waals surface area contributed by atoms with Gasteiger partial charge in [-0.15, -0.1) is 0 Å². The number of para-hydroxylation sites is 1. The summed E-state index contributed by atoms with van der Waals surface area (Å²) in [5.41, 5.74) is 5.64. The highest BCUT2D eigenvalue weighted by atomic mass is 15.4. The molecule has 1 N–H and O–H groups in total. The van der Waals surface area contributed by atoms with Crippen LogP contribution in [0, 0.1) is 13.8 Å². The summed E-state index contributed by atoms with van der Waals surface area (Å²) in [5, 5.41) is 8.84. The maximum absolute atomic E-state index is 4.91. The van der Waals surface area contributed by atoms with Gasteiger partial charge in [0.2, 0.25) is 5.95 Å². The van der Waals surface area contributed by atoms with Crippen molar-refractivity contribution in [3.8, 4) is 0 Å². The van der Waals surface area contributed by atoms with Gasteiger partial charge in [0.1, 0.15) is 5.82 Å². The zero-order valence-electron chi connectivity index (χ0n) is 18.2. The Balaban J connectivity index is 1.43. The van der Waals surface area contributed by atoms with Crippen LogP contribution in [0.5, 0.6) is 0 Å². The van der Waals surface area contributed by atoms with Crippen LogP contribution in [0.4, 0.5) is 23.1 Å². The Morgan fingerprint density at radius 2 is 1.58 bits per heavy atom. The van der Waals surface area contributed by atoms with Gasteiger partial charge in [-0.1, -0.05) is 24.3 Å². The first-order chi connectivity index (χ1) is 15.1. The molecule has 7 nitrogen and oxygen atoms in total. The maximum Gasteiger partial charge on any atom is 0.229 e. The van der Waals surface area contributed by atoms with E-state index in [9.17, 15) is 0 Å². The van der Waals surface area contributed by atoms with E-state index in [1.54, 1.807) is 0 Å². The molecule has 1 saturated heterocycles. The van der Waals surface area contributed by atoms with Crippen molar-refractivity contribution in [2.24, 2.45) is 7.05 Å². The maximum atomic E-state index is 4.91. The molecule has 0 atom stereocenters. The van der Waals surface area contributed by atoms with E-state index in [1.165, 1.54) is 16.8 Å². The molecule has 0 unspecified atom stereocenters. The molecule has 2 aromatic heterocycles. The monoisotopic (exact) mass is 413 g/mol. The molecule has 4 aromatic rings. The summed E-state index contributed by atoms with van der Waals surface area (Å²) in [7, 11) is 1.92. The Labute approximate surface area is 182 Å². The molecule has 0 spiro atoms. The predicted molar refractivity (Wildman–Crippen MR) is 126 cm³/mol. The topological polar surface area (TPSA) is 62.1 Å². The lowest BCUT2D eigenvalue weighted by Gasteiger charge is -2.36. The molecule has 0 bridgehead atoms. The molecule has 0 radical (unpaired) electrons. The van der Waals surface area contributed by atoms with Crippen LogP contribution in [0.2, 0.25) is 0 Å². The average Bonchev–Trinajstić information content (AvgIpc) is 3.18. The predicted octanol–water partition coefficient (Wildman–Crippen LogP) is 4.05. The van der Waals surface area contributed by atoms with Gasteiger partial charge < -0.3 is 15.1 Å². The molecule has 3 heterocycles. The number of rotatable bonds is 4. The summed E-state index contributed by atoms with van der Waals surface area (Å²) in [6, 6.07) is 16.9. The third-order valence-electron chi connectivity index (χ3n) is 6.03. The normalized spacial score (nSPS) is 14.3. The van der Waals surface area contributed by atoms with Crippen molar-refractivity contribution in [2.75, 3.05) is 41.3 Å². The molecular formula is C24H27N7. The van der Waals surface area contributed by atoms with Crippen molar-refractivity contribution in [3.05, 3.63) is 65.9 Å². The molecule has 158 valence electrons. The fraction of sp³-hybridized carbons (Fsp3) is 0.292. The fourth-order valence-electron chi connectivity index (χ4n) is 4.01. The van der Waals surface area contributed by atoms with Crippen LogP contribution < -0.4 is 15.1 Å². The van der Waals surface area contributed by atoms with Gasteiger partial charge in [0.15, 0.2) is 5.65 Å². The number of fused-ring (bicyclic) bond motifs is 1. The van der Waals surface area contributed by atoms with Crippen molar-refractivity contribution in [1.82, 2.24) is 19.7 Å². The minimum absolute atomic E-state index is 0.746. The first kappa shape index (κ1) is 19.4. The number of nitrogens with zero attached hydrogens (tertiary/aromatic N) is 6. The Morgan fingerprint density at radius 3 is 2.32 bits per heavy atom. The third kappa shape index (κ3) is 3.79. The van der Waals surface area contributed by atoms with Crippen LogP contribution >= 0.6 is 0 Å². The molecule has 0 saturated carbocycles. The van der Waals surface area contributed by atoms with Crippen molar-refractivity contribution in [1.29, 1.82) is 0 Å². The number of hydrogen-bond donors (Lipinski definition) is 1. The van der Waals surface area contributed by atoms with Crippen molar-refractivity contribution in [2.45, 2.75) is 13.8 Å². The standard InChI is InChI=1S/C24H27N7/c1-17-9-10-19(15-18(17)2)26-22-21-16-25-29(3)23(21)28-24(27-22)31-13-11-30(12-14-31)20-7-5-4-6-8-20/h4-10,15-16H,11-14H2,1-3H3,(H,26,27,28). The van der Waals surface area contributed by atoms with Crippen LogP contribution in [-0.4, -0.2) is 45.9 Å². The second-order valence-electron chi connectivity index (χ2n) is 8.11. The minimum Gasteiger partial charge on any atom is -0.368 e. The Hall–Kier alpha value is -3.61. The summed E-state index contributed by atoms with van der Waals surface area (Å²) in [4.78, 5) is 14.4. The smallest absolute Gasteiger partial charge is 0.229 e. The van der Waals surface area contributed by atoms with E-state index in [1.807, 2.05) is 17.9 Å². The molecule has 1 aliphatic heterocycles. The Morgan fingerprint density at radius 1 is 0.839 bits per heavy atom. The minimum atomic E-state index is 0.746. The second-order valence-corrected chi connectivity index (χ2v) is 8.11. The number of nitrogens with one attached hydrogen (secondary N) is 1. The van der Waals surface area contributed by atoms with Gasteiger partial charge >= 0.3 is 0 Å². The van der Waals surface area contributed by atoms with Gasteiger partial charge in [-0.2, -0.15) is 15.1 Å². The van der Waals surface area contributed by atoms with Crippen LogP contribution in [-0.2, 0) is 7.05 Å². The van der Waals surface area contributed by atoms with Crippen LogP contribution in [0.1, 0.15) is 11.1 Å². The first-order valence-electron chi connectivity index (χ1n) is 10.7. The lowest BCUT2D eigenvalue weighted by Crippen LogP contribution is -2.47. The largest absolute Gasteiger partial charge is 0.368 e. The van der Waals surface area contributed by atoms with E-state index < -0.39 is 0 Å². The highest BCUT2D eigenvalue weighted by Gasteiger charge is 2.21. The van der Waals surface area contributed by atoms with E-state index in [0.717, 1.165) is 54.7 Å². The van der Waals surface area contributed by atoms with Crippen molar-refractivity contribution >= 4 is 34.2 Å². The molecule has 1 aliphatic rings. The average molecular weight is 414 g/mol. The van der Waals surface area contributed by atoms with Crippen molar-refractivity contribution < 1.29 is 0 Å². The van der Waals surface area contributed by atoms with Crippen LogP contribution in [0.25, 0.3) is 11.0 Å². The van der Waals surface area contributed by atoms with E-state index in [4.69, 9.17) is 9.97 Å². The Bertz CT molecular complexity index is 1210. The molecule has 1 fully saturated rings. The van der Waals surface area contributed by atoms with Crippen molar-refractivity contribution in [3.63, 3.8) is 0 Å². The van der Waals surface area contributed by atoms with E-state index in [0.29, 0.717) is 0 Å². The summed E-state index contributed by atoms with van der Waals surface area (Å²) in [6.45, 7) is 7.88. The SMILES string of the molecule is Cc1ccc(Nc2nc(N3CCN(c4ccccc4)CC3)nc3c2cnn3C)cc1C. The number of anilines is 4. The van der Waals surface area contributed by atoms with E-state index >= 15 is 0 Å². The molecule has 5 rings (SSSR count). The first-order valence-corrected chi connectivity index (χ1v) is 10.7. The summed E-state index contributed by atoms with van der Waals surface area (Å²) in [5.74, 6) is 1.54. The molecule has 2 aromatic carbocycles. The molecular weight excluding hydrogens is 386 g/mol. The second kappa shape index (κ2) is 7.91. The fourth-order valence-corrected chi connectivity index (χ4v) is 4.01. The summed E-state index contributed by atoms with van der Waals surface area (Å²) >= 11 is 0. The zero-order chi connectivity index (χ0) is 21.4. The zero-order valence-corrected chi connectivity index (χ0v) is 18.2. The summed E-state index contributed by atoms with van der Waals surface area (Å²) in [6.07, 6.45) is 1.83. The number of aromatic nitrogens is 4. The quantitative estimate of drug-likeness (QED) is 0.545. The van der Waals surface area contributed by atoms with Gasteiger partial charge in [-0.05, 0) is 49.2 Å². The number of aryl methyl sites for hydroxylation is 3. The highest BCUT2D eigenvalue weighted by molar-refractivity contribution is 5.89. The van der Waals surface area contributed by atoms with Gasteiger partial charge in [-0.3, -0.25) is 4.68 Å². The third-order valence-corrected chi connectivity index (χ3v) is 6.03.